The van der Waals surface area contributed by atoms with Gasteiger partial charge in [0, 0.05) is 0 Å². The minimum Gasteiger partial charge on any atom is -0.480 e. The molecule has 27 heavy (non-hydrogen) atoms. The SMILES string of the molecule is O=C(O)[C@H]1CN(S(=O)(=O)C(=O)OCc2ccccc2)c2ccccc2S1=O. The average Bonchev–Trinajstić information content (AvgIpc) is 2.66. The number of rotatable bonds is 4. The Balaban J connectivity index is 1.90. The van der Waals surface area contributed by atoms with Gasteiger partial charge in [-0.25, -0.2) is 4.79 Å². The monoisotopic (exact) mass is 409 g/mol. The lowest BCUT2D eigenvalue weighted by molar-refractivity contribution is -0.136. The van der Waals surface area contributed by atoms with E-state index in [1.165, 1.54) is 24.3 Å². The Morgan fingerprint density at radius 3 is 2.41 bits per heavy atom. The quantitative estimate of drug-likeness (QED) is 0.764. The summed E-state index contributed by atoms with van der Waals surface area (Å²) in [5.74, 6) is -1.42. The van der Waals surface area contributed by atoms with Gasteiger partial charge in [-0.2, -0.15) is 8.42 Å². The van der Waals surface area contributed by atoms with Crippen LogP contribution in [0.25, 0.3) is 0 Å². The molecule has 2 aromatic rings. The van der Waals surface area contributed by atoms with Crippen molar-refractivity contribution in [1.82, 2.24) is 0 Å². The van der Waals surface area contributed by atoms with Crippen molar-refractivity contribution in [2.45, 2.75) is 16.8 Å². The molecule has 3 rings (SSSR count). The highest BCUT2D eigenvalue weighted by Crippen LogP contribution is 2.33. The first-order valence-corrected chi connectivity index (χ1v) is 10.4. The highest BCUT2D eigenvalue weighted by Gasteiger charge is 2.43. The molecule has 1 heterocycles. The zero-order valence-corrected chi connectivity index (χ0v) is 15.5. The van der Waals surface area contributed by atoms with Crippen molar-refractivity contribution in [1.29, 1.82) is 0 Å². The second-order valence-electron chi connectivity index (χ2n) is 5.65. The Kier molecular flexibility index (Phi) is 5.29. The lowest BCUT2D eigenvalue weighted by Gasteiger charge is -2.31. The van der Waals surface area contributed by atoms with Gasteiger partial charge in [-0.3, -0.25) is 13.3 Å². The van der Waals surface area contributed by atoms with Crippen LogP contribution in [0.4, 0.5) is 10.5 Å². The molecule has 0 fully saturated rings. The van der Waals surface area contributed by atoms with E-state index in [2.05, 4.69) is 0 Å². The number of anilines is 1. The first-order valence-electron chi connectivity index (χ1n) is 7.78. The first-order chi connectivity index (χ1) is 12.8. The number of aliphatic carboxylic acids is 1. The van der Waals surface area contributed by atoms with Crippen LogP contribution in [0.3, 0.4) is 0 Å². The number of hydrogen-bond donors (Lipinski definition) is 1. The summed E-state index contributed by atoms with van der Waals surface area (Å²) < 4.78 is 43.4. The summed E-state index contributed by atoms with van der Waals surface area (Å²) >= 11 is 0. The number of carbonyl (C=O) groups excluding carboxylic acids is 1. The minimum absolute atomic E-state index is 0.00462. The molecule has 10 heteroatoms. The third kappa shape index (κ3) is 3.71. The molecule has 8 nitrogen and oxygen atoms in total. The molecule has 1 N–H and O–H groups in total. The molecule has 0 spiro atoms. The van der Waals surface area contributed by atoms with E-state index in [1.54, 1.807) is 30.3 Å². The third-order valence-electron chi connectivity index (χ3n) is 3.92. The number of sulfonamides is 1. The molecule has 2 atom stereocenters. The minimum atomic E-state index is -4.66. The second kappa shape index (κ2) is 7.49. The summed E-state index contributed by atoms with van der Waals surface area (Å²) in [6, 6.07) is 14.3. The van der Waals surface area contributed by atoms with Crippen LogP contribution in [0.1, 0.15) is 5.56 Å². The van der Waals surface area contributed by atoms with Crippen molar-refractivity contribution in [2.24, 2.45) is 0 Å². The van der Waals surface area contributed by atoms with Gasteiger partial charge in [-0.15, -0.1) is 0 Å². The van der Waals surface area contributed by atoms with Crippen LogP contribution < -0.4 is 4.31 Å². The third-order valence-corrected chi connectivity index (χ3v) is 7.03. The van der Waals surface area contributed by atoms with Gasteiger partial charge in [-0.1, -0.05) is 42.5 Å². The number of carboxylic acid groups (broad SMARTS) is 1. The molecule has 0 bridgehead atoms. The van der Waals surface area contributed by atoms with Gasteiger partial charge in [0.15, 0.2) is 5.25 Å². The van der Waals surface area contributed by atoms with Crippen LogP contribution in [0.5, 0.6) is 0 Å². The molecule has 1 aliphatic rings. The average molecular weight is 409 g/mol. The van der Waals surface area contributed by atoms with Crippen LogP contribution >= 0.6 is 0 Å². The molecule has 0 saturated heterocycles. The number of para-hydroxylation sites is 1. The van der Waals surface area contributed by atoms with Crippen molar-refractivity contribution >= 4 is 37.8 Å². The number of carbonyl (C=O) groups is 2. The molecule has 142 valence electrons. The van der Waals surface area contributed by atoms with Crippen LogP contribution in [-0.2, 0) is 37.0 Å². The summed E-state index contributed by atoms with van der Waals surface area (Å²) in [6.45, 7) is -0.871. The van der Waals surface area contributed by atoms with Crippen LogP contribution in [0, 0.1) is 0 Å². The molecule has 1 aliphatic heterocycles. The zero-order valence-electron chi connectivity index (χ0n) is 13.8. The summed E-state index contributed by atoms with van der Waals surface area (Å²) in [6.07, 6.45) is 0. The van der Waals surface area contributed by atoms with Crippen LogP contribution in [0.15, 0.2) is 59.5 Å². The number of nitrogens with zero attached hydrogens (tertiary/aromatic N) is 1. The van der Waals surface area contributed by atoms with Crippen molar-refractivity contribution in [3.63, 3.8) is 0 Å². The maximum absolute atomic E-state index is 12.7. The molecule has 0 aromatic heterocycles. The van der Waals surface area contributed by atoms with Gasteiger partial charge in [0.25, 0.3) is 0 Å². The molecule has 0 amide bonds. The van der Waals surface area contributed by atoms with E-state index in [4.69, 9.17) is 4.74 Å². The highest BCUT2D eigenvalue weighted by molar-refractivity contribution is 8.07. The maximum atomic E-state index is 12.7. The predicted octanol–water partition coefficient (Wildman–Crippen LogP) is 1.73. The van der Waals surface area contributed by atoms with E-state index >= 15 is 0 Å². The summed E-state index contributed by atoms with van der Waals surface area (Å²) in [7, 11) is -6.60. The van der Waals surface area contributed by atoms with Gasteiger partial charge >= 0.3 is 21.3 Å². The molecular weight excluding hydrogens is 394 g/mol. The lowest BCUT2D eigenvalue weighted by Crippen LogP contribution is -2.48. The van der Waals surface area contributed by atoms with Crippen molar-refractivity contribution < 1.29 is 32.1 Å². The summed E-state index contributed by atoms with van der Waals surface area (Å²) in [4.78, 5) is 23.7. The van der Waals surface area contributed by atoms with E-state index in [-0.39, 0.29) is 17.2 Å². The number of benzene rings is 2. The lowest BCUT2D eigenvalue weighted by atomic mass is 10.2. The van der Waals surface area contributed by atoms with Gasteiger partial charge < -0.3 is 9.84 Å². The van der Waals surface area contributed by atoms with Gasteiger partial charge in [0.05, 0.1) is 27.9 Å². The van der Waals surface area contributed by atoms with E-state index in [9.17, 15) is 27.3 Å². The topological polar surface area (TPSA) is 118 Å². The Labute approximate surface area is 157 Å². The molecule has 1 unspecified atom stereocenters. The summed E-state index contributed by atoms with van der Waals surface area (Å²) in [5, 5.41) is 6.29. The summed E-state index contributed by atoms with van der Waals surface area (Å²) in [5.41, 5.74) is 0.606. The fourth-order valence-corrected chi connectivity index (χ4v) is 5.26. The first kappa shape index (κ1) is 19.1. The second-order valence-corrected chi connectivity index (χ2v) is 8.98. The van der Waals surface area contributed by atoms with Crippen LogP contribution in [0.2, 0.25) is 0 Å². The van der Waals surface area contributed by atoms with Crippen molar-refractivity contribution in [3.8, 4) is 0 Å². The molecular formula is C17H15NO7S2. The fraction of sp³-hybridized carbons (Fsp3) is 0.176. The Hall–Kier alpha value is -2.72. The van der Waals surface area contributed by atoms with Crippen molar-refractivity contribution in [2.75, 3.05) is 10.8 Å². The normalized spacial score (nSPS) is 19.2. The van der Waals surface area contributed by atoms with E-state index in [0.717, 1.165) is 0 Å². The molecule has 2 aromatic carbocycles. The fourth-order valence-electron chi connectivity index (χ4n) is 2.58. The maximum Gasteiger partial charge on any atom is 0.445 e. The van der Waals surface area contributed by atoms with Gasteiger partial charge in [0.1, 0.15) is 6.61 Å². The number of ether oxygens (including phenoxy) is 1. The predicted molar refractivity (Wildman–Crippen MR) is 97.2 cm³/mol. The molecule has 0 radical (unpaired) electrons. The Morgan fingerprint density at radius 2 is 1.74 bits per heavy atom. The smallest absolute Gasteiger partial charge is 0.445 e. The van der Waals surface area contributed by atoms with Gasteiger partial charge in [-0.05, 0) is 17.7 Å². The van der Waals surface area contributed by atoms with E-state index in [1.807, 2.05) is 0 Å². The molecule has 0 aliphatic carbocycles. The van der Waals surface area contributed by atoms with E-state index < -0.39 is 43.9 Å². The van der Waals surface area contributed by atoms with Gasteiger partial charge in [0.2, 0.25) is 0 Å². The highest BCUT2D eigenvalue weighted by atomic mass is 32.2. The van der Waals surface area contributed by atoms with Crippen LogP contribution in [-0.4, -0.2) is 40.8 Å². The van der Waals surface area contributed by atoms with Crippen molar-refractivity contribution in [3.05, 3.63) is 60.2 Å². The molecule has 0 saturated carbocycles. The largest absolute Gasteiger partial charge is 0.480 e. The number of hydrogen-bond acceptors (Lipinski definition) is 6. The number of carboxylic acids is 1. The standard InChI is InChI=1S/C17H15NO7S2/c19-16(20)15-10-18(13-8-4-5-9-14(13)26(15)22)27(23,24)17(21)25-11-12-6-2-1-3-7-12/h1-9,15H,10-11H2,(H,19,20)/t15-,26?/m1/s1. The Morgan fingerprint density at radius 1 is 1.11 bits per heavy atom. The number of fused-ring (bicyclic) bond motifs is 1. The zero-order chi connectivity index (χ0) is 19.6. The Bertz CT molecular complexity index is 1000. The van der Waals surface area contributed by atoms with E-state index in [0.29, 0.717) is 9.87 Å².